The van der Waals surface area contributed by atoms with Crippen LogP contribution in [0.5, 0.6) is 5.75 Å². The number of carbonyl (C=O) groups excluding carboxylic acids is 1. The molecule has 166 valence electrons. The molecule has 3 aromatic carbocycles. The van der Waals surface area contributed by atoms with Crippen molar-refractivity contribution < 1.29 is 9.53 Å². The minimum Gasteiger partial charge on any atom is -0.497 e. The van der Waals surface area contributed by atoms with E-state index < -0.39 is 0 Å². The summed E-state index contributed by atoms with van der Waals surface area (Å²) in [6.07, 6.45) is 0. The van der Waals surface area contributed by atoms with Gasteiger partial charge in [0.15, 0.2) is 0 Å². The number of nitrogens with zero attached hydrogens (tertiary/aromatic N) is 2. The number of halogens is 1. The molecule has 7 nitrogen and oxygen atoms in total. The molecule has 0 radical (unpaired) electrons. The van der Waals surface area contributed by atoms with E-state index in [2.05, 4.69) is 31.6 Å². The number of ether oxygens (including phenoxy) is 1. The summed E-state index contributed by atoms with van der Waals surface area (Å²) in [5.41, 5.74) is 5.53. The molecule has 0 spiro atoms. The SMILES string of the molecule is COc1ccc(-n2[nH]c(-c3ccccc3)c(/C(C)=N/NC(=O)c3ccccc3Br)c2=O)cc1. The lowest BCUT2D eigenvalue weighted by Crippen LogP contribution is -2.23. The van der Waals surface area contributed by atoms with Crippen molar-refractivity contribution in [2.45, 2.75) is 6.92 Å². The number of aromatic amines is 1. The van der Waals surface area contributed by atoms with Gasteiger partial charge in [-0.25, -0.2) is 10.1 Å². The summed E-state index contributed by atoms with van der Waals surface area (Å²) in [6.45, 7) is 1.69. The lowest BCUT2D eigenvalue weighted by Gasteiger charge is -2.05. The Morgan fingerprint density at radius 2 is 1.67 bits per heavy atom. The highest BCUT2D eigenvalue weighted by atomic mass is 79.9. The Kier molecular flexibility index (Phi) is 6.55. The molecule has 0 saturated heterocycles. The average Bonchev–Trinajstić information content (AvgIpc) is 3.20. The fourth-order valence-corrected chi connectivity index (χ4v) is 3.86. The number of nitrogens with one attached hydrogen (secondary N) is 2. The van der Waals surface area contributed by atoms with E-state index in [4.69, 9.17) is 4.74 Å². The lowest BCUT2D eigenvalue weighted by molar-refractivity contribution is 0.0954. The van der Waals surface area contributed by atoms with E-state index >= 15 is 0 Å². The predicted molar refractivity (Wildman–Crippen MR) is 132 cm³/mol. The standard InChI is InChI=1S/C25H21BrN4O3/c1-16(27-28-24(31)20-10-6-7-11-21(20)26)22-23(17-8-4-3-5-9-17)29-30(25(22)32)18-12-14-19(33-2)15-13-18/h3-15,29H,1-2H3,(H,28,31)/b27-16+. The van der Waals surface area contributed by atoms with Crippen LogP contribution in [0.2, 0.25) is 0 Å². The molecule has 0 saturated carbocycles. The molecule has 4 rings (SSSR count). The van der Waals surface area contributed by atoms with Crippen LogP contribution in [-0.2, 0) is 0 Å². The lowest BCUT2D eigenvalue weighted by atomic mass is 10.1. The predicted octanol–water partition coefficient (Wildman–Crippen LogP) is 4.76. The molecule has 0 aliphatic heterocycles. The Morgan fingerprint density at radius 1 is 1.00 bits per heavy atom. The van der Waals surface area contributed by atoms with Crippen LogP contribution >= 0.6 is 15.9 Å². The van der Waals surface area contributed by atoms with Crippen LogP contribution in [0.15, 0.2) is 93.2 Å². The van der Waals surface area contributed by atoms with Crippen molar-refractivity contribution in [3.8, 4) is 22.7 Å². The summed E-state index contributed by atoms with van der Waals surface area (Å²) in [6, 6.07) is 23.7. The largest absolute Gasteiger partial charge is 0.497 e. The van der Waals surface area contributed by atoms with Gasteiger partial charge in [0.1, 0.15) is 5.75 Å². The molecule has 0 aliphatic rings. The Labute approximate surface area is 198 Å². The highest BCUT2D eigenvalue weighted by Crippen LogP contribution is 2.22. The molecule has 4 aromatic rings. The molecule has 0 atom stereocenters. The number of hydrazone groups is 1. The Bertz CT molecular complexity index is 1370. The fourth-order valence-electron chi connectivity index (χ4n) is 3.40. The fraction of sp³-hybridized carbons (Fsp3) is 0.0800. The second-order valence-electron chi connectivity index (χ2n) is 7.18. The molecular weight excluding hydrogens is 484 g/mol. The molecule has 8 heteroatoms. The van der Waals surface area contributed by atoms with E-state index in [0.717, 1.165) is 5.56 Å². The third-order valence-corrected chi connectivity index (χ3v) is 5.78. The number of aromatic nitrogens is 2. The molecule has 0 unspecified atom stereocenters. The van der Waals surface area contributed by atoms with Gasteiger partial charge in [0, 0.05) is 10.0 Å². The summed E-state index contributed by atoms with van der Waals surface area (Å²) in [5.74, 6) is 0.309. The van der Waals surface area contributed by atoms with Crippen LogP contribution in [0.25, 0.3) is 16.9 Å². The first-order valence-corrected chi connectivity index (χ1v) is 10.9. The maximum Gasteiger partial charge on any atom is 0.281 e. The Morgan fingerprint density at radius 3 is 2.33 bits per heavy atom. The molecule has 0 fully saturated rings. The minimum atomic E-state index is -0.380. The minimum absolute atomic E-state index is 0.282. The maximum absolute atomic E-state index is 13.4. The Hall–Kier alpha value is -3.91. The summed E-state index contributed by atoms with van der Waals surface area (Å²) in [5, 5.41) is 7.43. The molecule has 33 heavy (non-hydrogen) atoms. The van der Waals surface area contributed by atoms with Gasteiger partial charge in [-0.1, -0.05) is 42.5 Å². The van der Waals surface area contributed by atoms with E-state index in [1.807, 2.05) is 36.4 Å². The number of hydrogen-bond acceptors (Lipinski definition) is 4. The van der Waals surface area contributed by atoms with Crippen molar-refractivity contribution in [2.24, 2.45) is 5.10 Å². The quantitative estimate of drug-likeness (QED) is 0.293. The normalized spacial score (nSPS) is 11.3. The number of carbonyl (C=O) groups is 1. The summed E-state index contributed by atoms with van der Waals surface area (Å²) < 4.78 is 7.32. The van der Waals surface area contributed by atoms with Crippen LogP contribution < -0.4 is 15.7 Å². The second kappa shape index (κ2) is 9.70. The molecule has 1 heterocycles. The van der Waals surface area contributed by atoms with Gasteiger partial charge in [-0.3, -0.25) is 14.7 Å². The number of amides is 1. The number of H-pyrrole nitrogens is 1. The zero-order valence-corrected chi connectivity index (χ0v) is 19.6. The zero-order chi connectivity index (χ0) is 23.4. The summed E-state index contributed by atoms with van der Waals surface area (Å²) in [4.78, 5) is 26.0. The first-order chi connectivity index (χ1) is 16.0. The van der Waals surface area contributed by atoms with Crippen LogP contribution in [0.4, 0.5) is 0 Å². The monoisotopic (exact) mass is 504 g/mol. The molecular formula is C25H21BrN4O3. The third-order valence-electron chi connectivity index (χ3n) is 5.09. The molecule has 1 amide bonds. The van der Waals surface area contributed by atoms with Gasteiger partial charge in [0.2, 0.25) is 0 Å². The van der Waals surface area contributed by atoms with Gasteiger partial charge in [-0.15, -0.1) is 0 Å². The van der Waals surface area contributed by atoms with Crippen LogP contribution in [0.1, 0.15) is 22.8 Å². The number of hydrogen-bond donors (Lipinski definition) is 2. The summed E-state index contributed by atoms with van der Waals surface area (Å²) in [7, 11) is 1.59. The van der Waals surface area contributed by atoms with E-state index in [0.29, 0.717) is 38.4 Å². The van der Waals surface area contributed by atoms with Crippen LogP contribution in [-0.4, -0.2) is 28.5 Å². The first kappa shape index (κ1) is 22.3. The smallest absolute Gasteiger partial charge is 0.281 e. The van der Waals surface area contributed by atoms with Gasteiger partial charge < -0.3 is 4.74 Å². The molecule has 1 aromatic heterocycles. The van der Waals surface area contributed by atoms with Crippen LogP contribution in [0.3, 0.4) is 0 Å². The van der Waals surface area contributed by atoms with Crippen molar-refractivity contribution in [2.75, 3.05) is 7.11 Å². The van der Waals surface area contributed by atoms with Crippen molar-refractivity contribution in [3.05, 3.63) is 105 Å². The van der Waals surface area contributed by atoms with Crippen LogP contribution in [0, 0.1) is 0 Å². The molecule has 0 aliphatic carbocycles. The van der Waals surface area contributed by atoms with Crippen molar-refractivity contribution in [3.63, 3.8) is 0 Å². The van der Waals surface area contributed by atoms with Gasteiger partial charge in [-0.2, -0.15) is 5.10 Å². The number of rotatable bonds is 6. The second-order valence-corrected chi connectivity index (χ2v) is 8.04. The third kappa shape index (κ3) is 4.65. The topological polar surface area (TPSA) is 88.5 Å². The van der Waals surface area contributed by atoms with E-state index in [-0.39, 0.29) is 11.5 Å². The maximum atomic E-state index is 13.4. The number of benzene rings is 3. The molecule has 0 bridgehead atoms. The average molecular weight is 505 g/mol. The van der Waals surface area contributed by atoms with Gasteiger partial charge in [-0.05, 0) is 59.3 Å². The summed E-state index contributed by atoms with van der Waals surface area (Å²) >= 11 is 3.37. The first-order valence-electron chi connectivity index (χ1n) is 10.1. The van der Waals surface area contributed by atoms with E-state index in [9.17, 15) is 9.59 Å². The van der Waals surface area contributed by atoms with Gasteiger partial charge in [0.25, 0.3) is 11.5 Å². The zero-order valence-electron chi connectivity index (χ0n) is 18.0. The highest BCUT2D eigenvalue weighted by Gasteiger charge is 2.20. The van der Waals surface area contributed by atoms with Crippen molar-refractivity contribution in [1.29, 1.82) is 0 Å². The van der Waals surface area contributed by atoms with E-state index in [1.54, 1.807) is 56.5 Å². The van der Waals surface area contributed by atoms with Crippen molar-refractivity contribution in [1.82, 2.24) is 15.2 Å². The van der Waals surface area contributed by atoms with Gasteiger partial charge in [0.05, 0.1) is 35.3 Å². The van der Waals surface area contributed by atoms with E-state index in [1.165, 1.54) is 4.68 Å². The molecule has 2 N–H and O–H groups in total. The Balaban J connectivity index is 1.76. The number of methoxy groups -OCH3 is 1. The van der Waals surface area contributed by atoms with Crippen molar-refractivity contribution >= 4 is 27.5 Å². The van der Waals surface area contributed by atoms with Gasteiger partial charge >= 0.3 is 0 Å². The highest BCUT2D eigenvalue weighted by molar-refractivity contribution is 9.10.